The normalized spacial score (nSPS) is 16.4. The van der Waals surface area contributed by atoms with Crippen molar-refractivity contribution in [2.24, 2.45) is 4.99 Å². The van der Waals surface area contributed by atoms with Gasteiger partial charge in [-0.05, 0) is 44.0 Å². The van der Waals surface area contributed by atoms with Gasteiger partial charge in [0.25, 0.3) is 0 Å². The number of piperidine rings is 1. The molecule has 0 saturated carbocycles. The van der Waals surface area contributed by atoms with Crippen LogP contribution in [0.25, 0.3) is 0 Å². The lowest BCUT2D eigenvalue weighted by Crippen LogP contribution is -2.40. The summed E-state index contributed by atoms with van der Waals surface area (Å²) in [4.78, 5) is 7.36. The molecule has 0 aliphatic carbocycles. The minimum absolute atomic E-state index is 0.750. The average Bonchev–Trinajstić information content (AvgIpc) is 2.76. The van der Waals surface area contributed by atoms with Crippen LogP contribution in [-0.4, -0.2) is 35.9 Å². The molecule has 1 heterocycles. The second-order valence-electron chi connectivity index (χ2n) is 8.03. The summed E-state index contributed by atoms with van der Waals surface area (Å²) in [5, 5.41) is 11.3. The second-order valence-corrected chi connectivity index (χ2v) is 8.03. The first-order chi connectivity index (χ1) is 14.0. The molecule has 0 atom stereocenters. The molecule has 1 saturated heterocycles. The first-order valence-electron chi connectivity index (χ1n) is 10.3. The van der Waals surface area contributed by atoms with E-state index in [-0.39, 0.29) is 0 Å². The maximum atomic E-state index is 11.3. The molecule has 1 aliphatic heterocycles. The molecule has 3 aromatic carbocycles. The molecular formula is C26H28N2O. The van der Waals surface area contributed by atoms with Gasteiger partial charge in [0.05, 0.1) is 17.0 Å². The van der Waals surface area contributed by atoms with Crippen molar-refractivity contribution >= 4 is 11.4 Å². The van der Waals surface area contributed by atoms with E-state index in [9.17, 15) is 5.11 Å². The summed E-state index contributed by atoms with van der Waals surface area (Å²) < 4.78 is 0. The molecule has 0 bridgehead atoms. The van der Waals surface area contributed by atoms with Crippen LogP contribution in [0.5, 0.6) is 0 Å². The van der Waals surface area contributed by atoms with Crippen molar-refractivity contribution in [3.8, 4) is 0 Å². The minimum Gasteiger partial charge on any atom is -0.385 e. The Hall–Kier alpha value is -2.75. The van der Waals surface area contributed by atoms with Crippen molar-refractivity contribution in [2.45, 2.75) is 25.4 Å². The molecule has 29 heavy (non-hydrogen) atoms. The topological polar surface area (TPSA) is 35.8 Å². The number of hydrogen-bond acceptors (Lipinski definition) is 3. The summed E-state index contributed by atoms with van der Waals surface area (Å²) in [7, 11) is 2.11. The average molecular weight is 385 g/mol. The lowest BCUT2D eigenvalue weighted by Gasteiger charge is -2.37. The highest BCUT2D eigenvalue weighted by atomic mass is 16.3. The van der Waals surface area contributed by atoms with Crippen LogP contribution in [0.15, 0.2) is 83.9 Å². The highest BCUT2D eigenvalue weighted by molar-refractivity contribution is 6.14. The van der Waals surface area contributed by atoms with Gasteiger partial charge in [-0.25, -0.2) is 4.99 Å². The molecule has 1 N–H and O–H groups in total. The number of rotatable bonds is 4. The molecule has 4 rings (SSSR count). The van der Waals surface area contributed by atoms with E-state index in [2.05, 4.69) is 61.3 Å². The second kappa shape index (κ2) is 8.32. The van der Waals surface area contributed by atoms with Crippen molar-refractivity contribution in [3.05, 3.63) is 101 Å². The summed E-state index contributed by atoms with van der Waals surface area (Å²) in [6.45, 7) is 3.89. The monoisotopic (exact) mass is 384 g/mol. The van der Waals surface area contributed by atoms with E-state index in [1.54, 1.807) is 0 Å². The first-order valence-corrected chi connectivity index (χ1v) is 10.3. The number of aliphatic hydroxyl groups is 1. The molecule has 148 valence electrons. The van der Waals surface area contributed by atoms with Crippen LogP contribution in [0, 0.1) is 6.92 Å². The number of benzene rings is 3. The number of hydrogen-bond donors (Lipinski definition) is 1. The first kappa shape index (κ1) is 19.6. The smallest absolute Gasteiger partial charge is 0.0921 e. The van der Waals surface area contributed by atoms with Crippen LogP contribution in [-0.2, 0) is 5.60 Å². The summed E-state index contributed by atoms with van der Waals surface area (Å²) in [5.74, 6) is 0. The van der Waals surface area contributed by atoms with Crippen LogP contribution >= 0.6 is 0 Å². The Bertz CT molecular complexity index is 946. The highest BCUT2D eigenvalue weighted by Crippen LogP contribution is 2.35. The van der Waals surface area contributed by atoms with Crippen molar-refractivity contribution in [1.82, 2.24) is 4.90 Å². The molecule has 3 heteroatoms. The minimum atomic E-state index is -0.774. The maximum absolute atomic E-state index is 11.3. The maximum Gasteiger partial charge on any atom is 0.0921 e. The Balaban J connectivity index is 1.79. The fourth-order valence-electron chi connectivity index (χ4n) is 3.90. The molecule has 0 spiro atoms. The molecular weight excluding hydrogens is 356 g/mol. The molecule has 0 unspecified atom stereocenters. The number of nitrogens with zero attached hydrogens (tertiary/aromatic N) is 2. The van der Waals surface area contributed by atoms with Crippen LogP contribution < -0.4 is 0 Å². The number of aliphatic imine (C=N–C) groups is 1. The van der Waals surface area contributed by atoms with Gasteiger partial charge < -0.3 is 10.0 Å². The summed E-state index contributed by atoms with van der Waals surface area (Å²) >= 11 is 0. The molecule has 1 fully saturated rings. The summed E-state index contributed by atoms with van der Waals surface area (Å²) in [5.41, 5.74) is 5.33. The van der Waals surface area contributed by atoms with Gasteiger partial charge in [0.2, 0.25) is 0 Å². The number of aryl methyl sites for hydroxylation is 1. The van der Waals surface area contributed by atoms with Crippen LogP contribution in [0.3, 0.4) is 0 Å². The molecule has 3 nitrogen and oxygen atoms in total. The van der Waals surface area contributed by atoms with Gasteiger partial charge in [-0.1, -0.05) is 72.8 Å². The van der Waals surface area contributed by atoms with E-state index < -0.39 is 5.60 Å². The Kier molecular flexibility index (Phi) is 5.61. The lowest BCUT2D eigenvalue weighted by atomic mass is 9.84. The van der Waals surface area contributed by atoms with E-state index in [4.69, 9.17) is 4.99 Å². The zero-order valence-corrected chi connectivity index (χ0v) is 17.2. The molecule has 1 aliphatic rings. The highest BCUT2D eigenvalue weighted by Gasteiger charge is 2.33. The fourth-order valence-corrected chi connectivity index (χ4v) is 3.90. The number of likely N-dealkylation sites (tertiary alicyclic amines) is 1. The predicted octanol–water partition coefficient (Wildman–Crippen LogP) is 5.08. The Morgan fingerprint density at radius 2 is 1.41 bits per heavy atom. The van der Waals surface area contributed by atoms with Crippen molar-refractivity contribution < 1.29 is 5.11 Å². The Morgan fingerprint density at radius 3 is 1.97 bits per heavy atom. The molecule has 3 aromatic rings. The van der Waals surface area contributed by atoms with Gasteiger partial charge in [-0.15, -0.1) is 0 Å². The van der Waals surface area contributed by atoms with Crippen molar-refractivity contribution in [2.75, 3.05) is 20.1 Å². The standard InChI is InChI=1S/C26H28N2O/c1-20-13-14-23(26(29)15-17-28(2)18-16-26)19-24(20)27-25(21-9-5-3-6-10-21)22-11-7-4-8-12-22/h3-14,19,29H,15-18H2,1-2H3. The van der Waals surface area contributed by atoms with E-state index in [0.717, 1.165) is 59.6 Å². The van der Waals surface area contributed by atoms with Crippen molar-refractivity contribution in [3.63, 3.8) is 0 Å². The van der Waals surface area contributed by atoms with Crippen molar-refractivity contribution in [1.29, 1.82) is 0 Å². The van der Waals surface area contributed by atoms with E-state index in [1.165, 1.54) is 0 Å². The van der Waals surface area contributed by atoms with Crippen LogP contribution in [0.2, 0.25) is 0 Å². The summed E-state index contributed by atoms with van der Waals surface area (Å²) in [6, 6.07) is 26.8. The van der Waals surface area contributed by atoms with Gasteiger partial charge in [0.1, 0.15) is 0 Å². The Labute approximate surface area is 173 Å². The van der Waals surface area contributed by atoms with E-state index >= 15 is 0 Å². The predicted molar refractivity (Wildman–Crippen MR) is 120 cm³/mol. The third-order valence-corrected chi connectivity index (χ3v) is 5.89. The molecule has 0 aromatic heterocycles. The molecule has 0 radical (unpaired) electrons. The third kappa shape index (κ3) is 4.31. The molecule has 0 amide bonds. The Morgan fingerprint density at radius 1 is 0.862 bits per heavy atom. The van der Waals surface area contributed by atoms with Gasteiger partial charge in [-0.2, -0.15) is 0 Å². The van der Waals surface area contributed by atoms with Gasteiger partial charge in [0.15, 0.2) is 0 Å². The van der Waals surface area contributed by atoms with E-state index in [0.29, 0.717) is 0 Å². The largest absolute Gasteiger partial charge is 0.385 e. The third-order valence-electron chi connectivity index (χ3n) is 5.89. The zero-order chi connectivity index (χ0) is 20.3. The van der Waals surface area contributed by atoms with Gasteiger partial charge in [0, 0.05) is 24.2 Å². The van der Waals surface area contributed by atoms with Crippen LogP contribution in [0.4, 0.5) is 5.69 Å². The summed E-state index contributed by atoms with van der Waals surface area (Å²) in [6.07, 6.45) is 1.50. The van der Waals surface area contributed by atoms with Crippen LogP contribution in [0.1, 0.15) is 35.1 Å². The van der Waals surface area contributed by atoms with Gasteiger partial charge in [-0.3, -0.25) is 0 Å². The SMILES string of the molecule is Cc1ccc(C2(O)CCN(C)CC2)cc1N=C(c1ccccc1)c1ccccc1. The quantitative estimate of drug-likeness (QED) is 0.637. The van der Waals surface area contributed by atoms with E-state index in [1.807, 2.05) is 36.4 Å². The van der Waals surface area contributed by atoms with Gasteiger partial charge >= 0.3 is 0 Å². The lowest BCUT2D eigenvalue weighted by molar-refractivity contribution is -0.0202. The zero-order valence-electron chi connectivity index (χ0n) is 17.2. The fraction of sp³-hybridized carbons (Fsp3) is 0.269.